The maximum Gasteiger partial charge on any atom is 0.423 e. The summed E-state index contributed by atoms with van der Waals surface area (Å²) in [6.07, 6.45) is -5.11. The molecule has 0 aromatic heterocycles. The van der Waals surface area contributed by atoms with Crippen molar-refractivity contribution >= 4 is 11.4 Å². The zero-order valence-corrected chi connectivity index (χ0v) is 11.1. The van der Waals surface area contributed by atoms with E-state index in [0.29, 0.717) is 12.1 Å². The highest BCUT2D eigenvalue weighted by Gasteiger charge is 2.45. The van der Waals surface area contributed by atoms with Gasteiger partial charge in [0.2, 0.25) is 5.75 Å². The molecule has 0 N–H and O–H groups in total. The van der Waals surface area contributed by atoms with E-state index < -0.39 is 38.7 Å². The van der Waals surface area contributed by atoms with Crippen LogP contribution in [0.5, 0.6) is 11.5 Å². The molecule has 0 unspecified atom stereocenters. The average molecular weight is 328 g/mol. The quantitative estimate of drug-likeness (QED) is 0.615. The molecule has 2 aromatic carbocycles. The minimum absolute atomic E-state index is 0.0876. The number of rotatable bonds is 4. The highest BCUT2D eigenvalue weighted by molar-refractivity contribution is 5.67. The fourth-order valence-corrected chi connectivity index (χ4v) is 1.85. The first-order valence-corrected chi connectivity index (χ1v) is 5.97. The van der Waals surface area contributed by atoms with Gasteiger partial charge in [-0.15, -0.1) is 0 Å². The lowest BCUT2D eigenvalue weighted by Crippen LogP contribution is -2.11. The van der Waals surface area contributed by atoms with Crippen LogP contribution in [0.3, 0.4) is 0 Å². The third kappa shape index (κ3) is 3.36. The average Bonchev–Trinajstić information content (AvgIpc) is 2.46. The number of alkyl halides is 3. The van der Waals surface area contributed by atoms with Crippen molar-refractivity contribution in [1.82, 2.24) is 0 Å². The Morgan fingerprint density at radius 2 is 1.43 bits per heavy atom. The summed E-state index contributed by atoms with van der Waals surface area (Å²) in [4.78, 5) is 19.3. The lowest BCUT2D eigenvalue weighted by molar-refractivity contribution is -0.424. The van der Waals surface area contributed by atoms with E-state index in [1.54, 1.807) is 6.07 Å². The van der Waals surface area contributed by atoms with E-state index >= 15 is 0 Å². The molecule has 0 saturated heterocycles. The van der Waals surface area contributed by atoms with E-state index in [4.69, 9.17) is 4.74 Å². The van der Waals surface area contributed by atoms with Crippen molar-refractivity contribution in [2.75, 3.05) is 0 Å². The molecule has 0 aliphatic heterocycles. The Balaban J connectivity index is 2.67. The fourth-order valence-electron chi connectivity index (χ4n) is 1.85. The lowest BCUT2D eigenvalue weighted by atomic mass is 10.1. The van der Waals surface area contributed by atoms with E-state index in [0.717, 1.165) is 0 Å². The first kappa shape index (κ1) is 16.2. The summed E-state index contributed by atoms with van der Waals surface area (Å²) in [5.74, 6) is -0.564. The second-order valence-corrected chi connectivity index (χ2v) is 4.24. The van der Waals surface area contributed by atoms with E-state index in [-0.39, 0.29) is 5.75 Å². The number of nitrogens with zero attached hydrogens (tertiary/aromatic N) is 2. The minimum Gasteiger partial charge on any atom is -0.450 e. The molecule has 0 heterocycles. The third-order valence-corrected chi connectivity index (χ3v) is 2.76. The second-order valence-electron chi connectivity index (χ2n) is 4.24. The van der Waals surface area contributed by atoms with Gasteiger partial charge in [-0.25, -0.2) is 0 Å². The van der Waals surface area contributed by atoms with Gasteiger partial charge in [0.25, 0.3) is 0 Å². The molecule has 23 heavy (non-hydrogen) atoms. The lowest BCUT2D eigenvalue weighted by Gasteiger charge is -2.10. The largest absolute Gasteiger partial charge is 0.450 e. The highest BCUT2D eigenvalue weighted by atomic mass is 19.4. The standard InChI is InChI=1S/C13H7F3N2O5/c14-13(15,16)9-6-7-10(23-8-4-2-1-3-5-8)12(18(21)22)11(9)17(19)20/h1-7H. The number of nitro benzene ring substituents is 2. The molecule has 10 heteroatoms. The predicted octanol–water partition coefficient (Wildman–Crippen LogP) is 4.31. The number of ether oxygens (including phenoxy) is 1. The van der Waals surface area contributed by atoms with Crippen LogP contribution in [0, 0.1) is 20.2 Å². The molecular weight excluding hydrogens is 321 g/mol. The number of halogens is 3. The predicted molar refractivity (Wildman–Crippen MR) is 71.3 cm³/mol. The summed E-state index contributed by atoms with van der Waals surface area (Å²) in [6, 6.07) is 8.53. The van der Waals surface area contributed by atoms with Gasteiger partial charge in [0.05, 0.1) is 9.85 Å². The third-order valence-electron chi connectivity index (χ3n) is 2.76. The molecule has 0 amide bonds. The SMILES string of the molecule is O=[N+]([O-])c1c(Oc2ccccc2)ccc(C(F)(F)F)c1[N+](=O)[O-]. The van der Waals surface area contributed by atoms with Crippen LogP contribution in [0.4, 0.5) is 24.5 Å². The van der Waals surface area contributed by atoms with Crippen molar-refractivity contribution in [3.63, 3.8) is 0 Å². The maximum absolute atomic E-state index is 12.8. The zero-order chi connectivity index (χ0) is 17.2. The molecule has 0 atom stereocenters. The summed E-state index contributed by atoms with van der Waals surface area (Å²) in [6.45, 7) is 0. The molecule has 0 aliphatic carbocycles. The molecule has 0 saturated carbocycles. The smallest absolute Gasteiger partial charge is 0.423 e. The van der Waals surface area contributed by atoms with Gasteiger partial charge < -0.3 is 4.74 Å². The minimum atomic E-state index is -5.11. The molecule has 0 spiro atoms. The van der Waals surface area contributed by atoms with E-state index in [9.17, 15) is 33.4 Å². The van der Waals surface area contributed by atoms with Crippen LogP contribution in [0.15, 0.2) is 42.5 Å². The number of benzene rings is 2. The van der Waals surface area contributed by atoms with Crippen LogP contribution in [-0.2, 0) is 6.18 Å². The number of para-hydroxylation sites is 1. The zero-order valence-electron chi connectivity index (χ0n) is 11.1. The number of hydrogen-bond acceptors (Lipinski definition) is 5. The molecule has 2 aromatic rings. The van der Waals surface area contributed by atoms with Gasteiger partial charge in [-0.05, 0) is 24.3 Å². The van der Waals surface area contributed by atoms with Crippen LogP contribution in [0.25, 0.3) is 0 Å². The van der Waals surface area contributed by atoms with Crippen molar-refractivity contribution in [1.29, 1.82) is 0 Å². The van der Waals surface area contributed by atoms with Gasteiger partial charge in [0.15, 0.2) is 0 Å². The Labute approximate surface area is 126 Å². The van der Waals surface area contributed by atoms with E-state index in [1.165, 1.54) is 24.3 Å². The Morgan fingerprint density at radius 1 is 0.870 bits per heavy atom. The molecule has 120 valence electrons. The Hall–Kier alpha value is -3.17. The topological polar surface area (TPSA) is 95.5 Å². The van der Waals surface area contributed by atoms with Crippen molar-refractivity contribution in [2.24, 2.45) is 0 Å². The number of hydrogen-bond donors (Lipinski definition) is 0. The molecule has 0 radical (unpaired) electrons. The van der Waals surface area contributed by atoms with E-state index in [1.807, 2.05) is 0 Å². The molecule has 0 bridgehead atoms. The van der Waals surface area contributed by atoms with Crippen molar-refractivity contribution in [2.45, 2.75) is 6.18 Å². The monoisotopic (exact) mass is 328 g/mol. The summed E-state index contributed by atoms with van der Waals surface area (Å²) < 4.78 is 43.6. The maximum atomic E-state index is 12.8. The van der Waals surface area contributed by atoms with Crippen LogP contribution in [0.1, 0.15) is 5.56 Å². The molecule has 7 nitrogen and oxygen atoms in total. The van der Waals surface area contributed by atoms with Crippen molar-refractivity contribution < 1.29 is 27.8 Å². The van der Waals surface area contributed by atoms with Gasteiger partial charge in [-0.1, -0.05) is 18.2 Å². The first-order valence-electron chi connectivity index (χ1n) is 5.97. The summed E-state index contributed by atoms with van der Waals surface area (Å²) in [7, 11) is 0. The number of nitro groups is 2. The Bertz CT molecular complexity index is 762. The van der Waals surface area contributed by atoms with Crippen LogP contribution in [-0.4, -0.2) is 9.85 Å². The van der Waals surface area contributed by atoms with E-state index in [2.05, 4.69) is 0 Å². The van der Waals surface area contributed by atoms with Gasteiger partial charge >= 0.3 is 17.6 Å². The van der Waals surface area contributed by atoms with Crippen LogP contribution in [0.2, 0.25) is 0 Å². The van der Waals surface area contributed by atoms with Crippen LogP contribution >= 0.6 is 0 Å². The highest BCUT2D eigenvalue weighted by Crippen LogP contribution is 2.46. The van der Waals surface area contributed by atoms with Gasteiger partial charge in [-0.2, -0.15) is 13.2 Å². The molecule has 0 aliphatic rings. The first-order chi connectivity index (χ1) is 10.7. The van der Waals surface area contributed by atoms with Crippen molar-refractivity contribution in [3.05, 3.63) is 68.3 Å². The van der Waals surface area contributed by atoms with Gasteiger partial charge in [0.1, 0.15) is 11.3 Å². The molecule has 2 rings (SSSR count). The van der Waals surface area contributed by atoms with Gasteiger partial charge in [-0.3, -0.25) is 20.2 Å². The molecule has 0 fully saturated rings. The summed E-state index contributed by atoms with van der Waals surface area (Å²) in [5, 5.41) is 22.0. The normalized spacial score (nSPS) is 11.1. The Kier molecular flexibility index (Phi) is 4.16. The second kappa shape index (κ2) is 5.91. The van der Waals surface area contributed by atoms with Crippen LogP contribution < -0.4 is 4.74 Å². The summed E-state index contributed by atoms with van der Waals surface area (Å²) in [5.41, 5.74) is -4.72. The van der Waals surface area contributed by atoms with Gasteiger partial charge in [0, 0.05) is 0 Å². The fraction of sp³-hybridized carbons (Fsp3) is 0.0769. The van der Waals surface area contributed by atoms with Crippen molar-refractivity contribution in [3.8, 4) is 11.5 Å². The summed E-state index contributed by atoms with van der Waals surface area (Å²) >= 11 is 0. The Morgan fingerprint density at radius 3 is 1.91 bits per heavy atom. The molecular formula is C13H7F3N2O5.